The lowest BCUT2D eigenvalue weighted by Gasteiger charge is -2.30. The Morgan fingerprint density at radius 1 is 1.09 bits per heavy atom. The Balaban J connectivity index is 1.61. The summed E-state index contributed by atoms with van der Waals surface area (Å²) in [6.07, 6.45) is 4.03. The van der Waals surface area contributed by atoms with Crippen molar-refractivity contribution in [3.8, 4) is 6.01 Å². The van der Waals surface area contributed by atoms with E-state index in [0.29, 0.717) is 35.8 Å². The average Bonchev–Trinajstić information content (AvgIpc) is 2.58. The molecule has 1 saturated heterocycles. The molecular formula is C15H16ClN3O3S. The van der Waals surface area contributed by atoms with Crippen molar-refractivity contribution >= 4 is 21.6 Å². The van der Waals surface area contributed by atoms with Gasteiger partial charge in [0.25, 0.3) is 0 Å². The lowest BCUT2D eigenvalue weighted by atomic mass is 10.1. The Labute approximate surface area is 140 Å². The Bertz CT molecular complexity index is 745. The van der Waals surface area contributed by atoms with E-state index in [9.17, 15) is 8.42 Å². The Hall–Kier alpha value is -1.70. The van der Waals surface area contributed by atoms with Gasteiger partial charge < -0.3 is 4.74 Å². The fourth-order valence-corrected chi connectivity index (χ4v) is 4.03. The van der Waals surface area contributed by atoms with E-state index in [0.717, 1.165) is 0 Å². The number of halogens is 1. The zero-order valence-corrected chi connectivity index (χ0v) is 13.9. The van der Waals surface area contributed by atoms with E-state index in [2.05, 4.69) is 9.97 Å². The molecule has 0 spiro atoms. The summed E-state index contributed by atoms with van der Waals surface area (Å²) < 4.78 is 32.2. The minimum Gasteiger partial charge on any atom is -0.460 e. The Kier molecular flexibility index (Phi) is 4.79. The van der Waals surface area contributed by atoms with Crippen molar-refractivity contribution in [1.82, 2.24) is 14.3 Å². The third-order valence-corrected chi connectivity index (χ3v) is 5.76. The molecule has 2 aromatic rings. The van der Waals surface area contributed by atoms with Crippen LogP contribution in [0.25, 0.3) is 0 Å². The summed E-state index contributed by atoms with van der Waals surface area (Å²) in [6.45, 7) is 0.824. The maximum atomic E-state index is 12.5. The number of aromatic nitrogens is 2. The highest BCUT2D eigenvalue weighted by molar-refractivity contribution is 7.89. The number of ether oxygens (including phenoxy) is 1. The monoisotopic (exact) mass is 353 g/mol. The molecule has 1 aromatic carbocycles. The first-order chi connectivity index (χ1) is 11.1. The zero-order chi connectivity index (χ0) is 16.3. The molecule has 1 fully saturated rings. The quantitative estimate of drug-likeness (QED) is 0.843. The fraction of sp³-hybridized carbons (Fsp3) is 0.333. The van der Waals surface area contributed by atoms with E-state index in [1.165, 1.54) is 16.7 Å². The van der Waals surface area contributed by atoms with Gasteiger partial charge in [-0.1, -0.05) is 29.8 Å². The number of sulfonamides is 1. The molecule has 2 heterocycles. The van der Waals surface area contributed by atoms with Gasteiger partial charge in [-0.25, -0.2) is 18.4 Å². The summed E-state index contributed by atoms with van der Waals surface area (Å²) in [5.41, 5.74) is 0. The van der Waals surface area contributed by atoms with Crippen LogP contribution in [0.1, 0.15) is 12.8 Å². The van der Waals surface area contributed by atoms with E-state index in [1.807, 2.05) is 0 Å². The highest BCUT2D eigenvalue weighted by Crippen LogP contribution is 2.22. The summed E-state index contributed by atoms with van der Waals surface area (Å²) in [5, 5.41) is 0.445. The van der Waals surface area contributed by atoms with Crippen LogP contribution in [0, 0.1) is 0 Å². The maximum absolute atomic E-state index is 12.5. The zero-order valence-electron chi connectivity index (χ0n) is 12.3. The summed E-state index contributed by atoms with van der Waals surface area (Å²) >= 11 is 5.73. The van der Waals surface area contributed by atoms with Gasteiger partial charge in [0.15, 0.2) is 0 Å². The predicted octanol–water partition coefficient (Wildman–Crippen LogP) is 2.36. The molecule has 0 bridgehead atoms. The smallest absolute Gasteiger partial charge is 0.316 e. The molecule has 0 unspecified atom stereocenters. The van der Waals surface area contributed by atoms with Crippen molar-refractivity contribution in [2.24, 2.45) is 0 Å². The van der Waals surface area contributed by atoms with Crippen LogP contribution >= 0.6 is 11.6 Å². The Morgan fingerprint density at radius 2 is 1.70 bits per heavy atom. The molecule has 3 rings (SSSR count). The van der Waals surface area contributed by atoms with E-state index < -0.39 is 10.0 Å². The van der Waals surface area contributed by atoms with Gasteiger partial charge in [0.2, 0.25) is 10.0 Å². The molecule has 0 radical (unpaired) electrons. The van der Waals surface area contributed by atoms with Crippen LogP contribution in [0.2, 0.25) is 5.02 Å². The lowest BCUT2D eigenvalue weighted by Crippen LogP contribution is -2.41. The Morgan fingerprint density at radius 3 is 2.30 bits per heavy atom. The van der Waals surface area contributed by atoms with Gasteiger partial charge in [0.05, 0.1) is 22.3 Å². The van der Waals surface area contributed by atoms with Gasteiger partial charge in [0, 0.05) is 13.1 Å². The van der Waals surface area contributed by atoms with Crippen LogP contribution in [0.15, 0.2) is 47.6 Å². The summed E-state index contributed by atoms with van der Waals surface area (Å²) in [4.78, 5) is 8.30. The van der Waals surface area contributed by atoms with Crippen LogP contribution in [-0.4, -0.2) is 41.9 Å². The summed E-state index contributed by atoms with van der Waals surface area (Å²) in [6, 6.07) is 8.73. The molecule has 122 valence electrons. The van der Waals surface area contributed by atoms with Gasteiger partial charge >= 0.3 is 6.01 Å². The number of hydrogen-bond donors (Lipinski definition) is 0. The molecule has 0 saturated carbocycles. The lowest BCUT2D eigenvalue weighted by molar-refractivity contribution is 0.124. The van der Waals surface area contributed by atoms with Crippen molar-refractivity contribution < 1.29 is 13.2 Å². The molecule has 0 atom stereocenters. The van der Waals surface area contributed by atoms with Crippen molar-refractivity contribution in [3.05, 3.63) is 47.7 Å². The molecule has 1 aromatic heterocycles. The topological polar surface area (TPSA) is 72.4 Å². The normalized spacial score (nSPS) is 17.1. The summed E-state index contributed by atoms with van der Waals surface area (Å²) in [5.74, 6) is 0. The van der Waals surface area contributed by atoms with Gasteiger partial charge in [-0.05, 0) is 25.0 Å². The van der Waals surface area contributed by atoms with Crippen LogP contribution in [0.5, 0.6) is 6.01 Å². The van der Waals surface area contributed by atoms with Gasteiger partial charge in [-0.15, -0.1) is 0 Å². The van der Waals surface area contributed by atoms with Crippen LogP contribution < -0.4 is 4.74 Å². The first-order valence-corrected chi connectivity index (χ1v) is 9.07. The third-order valence-electron chi connectivity index (χ3n) is 3.65. The predicted molar refractivity (Wildman–Crippen MR) is 85.9 cm³/mol. The second kappa shape index (κ2) is 6.82. The number of nitrogens with zero attached hydrogens (tertiary/aromatic N) is 3. The van der Waals surface area contributed by atoms with Crippen molar-refractivity contribution in [3.63, 3.8) is 0 Å². The van der Waals surface area contributed by atoms with Crippen LogP contribution in [-0.2, 0) is 10.0 Å². The molecule has 6 nitrogen and oxygen atoms in total. The molecule has 8 heteroatoms. The second-order valence-corrected chi connectivity index (χ2v) is 7.59. The van der Waals surface area contributed by atoms with Gasteiger partial charge in [0.1, 0.15) is 6.10 Å². The van der Waals surface area contributed by atoms with Crippen LogP contribution in [0.4, 0.5) is 0 Å². The van der Waals surface area contributed by atoms with Crippen molar-refractivity contribution in [1.29, 1.82) is 0 Å². The first kappa shape index (κ1) is 16.2. The van der Waals surface area contributed by atoms with E-state index in [1.54, 1.807) is 30.3 Å². The van der Waals surface area contributed by atoms with Crippen molar-refractivity contribution in [2.45, 2.75) is 23.8 Å². The molecule has 23 heavy (non-hydrogen) atoms. The highest BCUT2D eigenvalue weighted by Gasteiger charge is 2.30. The first-order valence-electron chi connectivity index (χ1n) is 7.25. The van der Waals surface area contributed by atoms with E-state index in [4.69, 9.17) is 16.3 Å². The average molecular weight is 354 g/mol. The third kappa shape index (κ3) is 3.80. The highest BCUT2D eigenvalue weighted by atomic mass is 35.5. The van der Waals surface area contributed by atoms with E-state index >= 15 is 0 Å². The standard InChI is InChI=1S/C15H16ClN3O3S/c16-12-10-17-15(18-11-12)22-13-6-8-19(9-7-13)23(20,21)14-4-2-1-3-5-14/h1-5,10-11,13H,6-9H2. The minimum atomic E-state index is -3.43. The summed E-state index contributed by atoms with van der Waals surface area (Å²) in [7, 11) is -3.43. The SMILES string of the molecule is O=S(=O)(c1ccccc1)N1CCC(Oc2ncc(Cl)cn2)CC1. The molecule has 0 N–H and O–H groups in total. The van der Waals surface area contributed by atoms with E-state index in [-0.39, 0.29) is 12.1 Å². The molecular weight excluding hydrogens is 338 g/mol. The number of hydrogen-bond acceptors (Lipinski definition) is 5. The molecule has 0 amide bonds. The number of rotatable bonds is 4. The molecule has 1 aliphatic heterocycles. The second-order valence-electron chi connectivity index (χ2n) is 5.22. The van der Waals surface area contributed by atoms with Gasteiger partial charge in [-0.2, -0.15) is 4.31 Å². The van der Waals surface area contributed by atoms with Crippen LogP contribution in [0.3, 0.4) is 0 Å². The van der Waals surface area contributed by atoms with Gasteiger partial charge in [-0.3, -0.25) is 0 Å². The molecule has 1 aliphatic rings. The minimum absolute atomic E-state index is 0.0987. The van der Waals surface area contributed by atoms with Crippen molar-refractivity contribution in [2.75, 3.05) is 13.1 Å². The number of piperidine rings is 1. The molecule has 0 aliphatic carbocycles. The largest absolute Gasteiger partial charge is 0.460 e. The maximum Gasteiger partial charge on any atom is 0.316 e. The number of benzene rings is 1. The fourth-order valence-electron chi connectivity index (χ4n) is 2.44.